The summed E-state index contributed by atoms with van der Waals surface area (Å²) >= 11 is 0. The number of nitrogens with zero attached hydrogens (tertiary/aromatic N) is 2. The molecule has 0 N–H and O–H groups in total. The highest BCUT2D eigenvalue weighted by Crippen LogP contribution is 2.34. The smallest absolute Gasteiger partial charge is 0.325 e. The second-order valence-corrected chi connectivity index (χ2v) is 5.49. The molecule has 2 saturated heterocycles. The van der Waals surface area contributed by atoms with Crippen LogP contribution in [0.1, 0.15) is 38.5 Å². The second kappa shape index (κ2) is 6.01. The van der Waals surface area contributed by atoms with Gasteiger partial charge in [0, 0.05) is 26.2 Å². The van der Waals surface area contributed by atoms with E-state index in [0.717, 1.165) is 38.8 Å². The summed E-state index contributed by atoms with van der Waals surface area (Å²) in [5.74, 6) is -1.24. The first-order valence-electron chi connectivity index (χ1n) is 7.09. The Labute approximate surface area is 111 Å². The number of carbonyl (C=O) groups is 1. The normalized spacial score (nSPS) is 23.3. The van der Waals surface area contributed by atoms with E-state index in [0.29, 0.717) is 0 Å². The third kappa shape index (κ3) is 3.76. The Balaban J connectivity index is 1.85. The van der Waals surface area contributed by atoms with Gasteiger partial charge >= 0.3 is 12.2 Å². The number of likely N-dealkylation sites (tertiary alicyclic amines) is 2. The van der Waals surface area contributed by atoms with E-state index in [1.54, 1.807) is 9.80 Å². The average Bonchev–Trinajstić information content (AvgIpc) is 2.66. The van der Waals surface area contributed by atoms with E-state index in [1.165, 1.54) is 0 Å². The molecular formula is C13H21F3N2O. The minimum Gasteiger partial charge on any atom is -0.325 e. The van der Waals surface area contributed by atoms with Crippen LogP contribution in [-0.2, 0) is 0 Å². The molecule has 0 radical (unpaired) electrons. The lowest BCUT2D eigenvalue weighted by Crippen LogP contribution is -2.48. The number of hydrogen-bond acceptors (Lipinski definition) is 1. The molecule has 2 rings (SSSR count). The largest absolute Gasteiger partial charge is 0.391 e. The molecule has 0 aromatic heterocycles. The fraction of sp³-hybridized carbons (Fsp3) is 0.923. The number of rotatable bonds is 0. The minimum absolute atomic E-state index is 0.0447. The van der Waals surface area contributed by atoms with Crippen molar-refractivity contribution in [2.24, 2.45) is 5.92 Å². The van der Waals surface area contributed by atoms with Crippen LogP contribution >= 0.6 is 0 Å². The van der Waals surface area contributed by atoms with Crippen LogP contribution in [-0.4, -0.2) is 48.2 Å². The SMILES string of the molecule is O=C(N1CCCCCC1)N1CCC(C(F)(F)F)CC1. The molecule has 0 aromatic carbocycles. The lowest BCUT2D eigenvalue weighted by atomic mass is 9.96. The van der Waals surface area contributed by atoms with E-state index in [2.05, 4.69) is 0 Å². The van der Waals surface area contributed by atoms with Gasteiger partial charge in [-0.05, 0) is 25.7 Å². The summed E-state index contributed by atoms with van der Waals surface area (Å²) < 4.78 is 37.7. The third-order valence-electron chi connectivity index (χ3n) is 4.10. The first kappa shape index (κ1) is 14.5. The summed E-state index contributed by atoms with van der Waals surface area (Å²) in [7, 11) is 0. The van der Waals surface area contributed by atoms with Crippen LogP contribution in [0.15, 0.2) is 0 Å². The molecule has 2 amide bonds. The van der Waals surface area contributed by atoms with Gasteiger partial charge in [-0.15, -0.1) is 0 Å². The van der Waals surface area contributed by atoms with Gasteiger partial charge in [-0.25, -0.2) is 4.79 Å². The zero-order chi connectivity index (χ0) is 13.9. The molecular weight excluding hydrogens is 257 g/mol. The van der Waals surface area contributed by atoms with Gasteiger partial charge < -0.3 is 9.80 Å². The Kier molecular flexibility index (Phi) is 4.58. The maximum Gasteiger partial charge on any atom is 0.391 e. The van der Waals surface area contributed by atoms with E-state index >= 15 is 0 Å². The molecule has 2 aliphatic heterocycles. The average molecular weight is 278 g/mol. The van der Waals surface area contributed by atoms with E-state index < -0.39 is 12.1 Å². The van der Waals surface area contributed by atoms with E-state index in [9.17, 15) is 18.0 Å². The topological polar surface area (TPSA) is 23.6 Å². The second-order valence-electron chi connectivity index (χ2n) is 5.49. The van der Waals surface area contributed by atoms with Crippen molar-refractivity contribution in [2.75, 3.05) is 26.2 Å². The van der Waals surface area contributed by atoms with E-state index in [4.69, 9.17) is 0 Å². The van der Waals surface area contributed by atoms with E-state index in [-0.39, 0.29) is 32.0 Å². The fourth-order valence-electron chi connectivity index (χ4n) is 2.86. The molecule has 2 heterocycles. The van der Waals surface area contributed by atoms with Crippen molar-refractivity contribution in [2.45, 2.75) is 44.7 Å². The Hall–Kier alpha value is -0.940. The fourth-order valence-corrected chi connectivity index (χ4v) is 2.86. The predicted molar refractivity (Wildman–Crippen MR) is 65.8 cm³/mol. The monoisotopic (exact) mass is 278 g/mol. The van der Waals surface area contributed by atoms with E-state index in [1.807, 2.05) is 0 Å². The van der Waals surface area contributed by atoms with Gasteiger partial charge in [0.05, 0.1) is 5.92 Å². The van der Waals surface area contributed by atoms with Gasteiger partial charge in [0.1, 0.15) is 0 Å². The van der Waals surface area contributed by atoms with Crippen LogP contribution in [0, 0.1) is 5.92 Å². The summed E-state index contributed by atoms with van der Waals surface area (Å²) in [6.45, 7) is 1.97. The van der Waals surface area contributed by atoms with Crippen molar-refractivity contribution in [3.63, 3.8) is 0 Å². The van der Waals surface area contributed by atoms with Gasteiger partial charge in [-0.2, -0.15) is 13.2 Å². The first-order chi connectivity index (χ1) is 8.98. The predicted octanol–water partition coefficient (Wildman–Crippen LogP) is 3.26. The van der Waals surface area contributed by atoms with Crippen LogP contribution in [0.25, 0.3) is 0 Å². The maximum atomic E-state index is 12.6. The molecule has 0 saturated carbocycles. The van der Waals surface area contributed by atoms with Crippen molar-refractivity contribution in [1.29, 1.82) is 0 Å². The molecule has 0 unspecified atom stereocenters. The standard InChI is InChI=1S/C13H21F3N2O/c14-13(15,16)11-5-9-18(10-6-11)12(19)17-7-3-1-2-4-8-17/h11H,1-10H2. The van der Waals surface area contributed by atoms with Gasteiger partial charge in [0.25, 0.3) is 0 Å². The molecule has 110 valence electrons. The highest BCUT2D eigenvalue weighted by molar-refractivity contribution is 5.74. The number of amides is 2. The Morgan fingerprint density at radius 2 is 1.32 bits per heavy atom. The number of hydrogen-bond donors (Lipinski definition) is 0. The van der Waals surface area contributed by atoms with Crippen LogP contribution < -0.4 is 0 Å². The summed E-state index contributed by atoms with van der Waals surface area (Å²) in [6.07, 6.45) is 0.263. The number of carbonyl (C=O) groups excluding carboxylic acids is 1. The van der Waals surface area contributed by atoms with Gasteiger partial charge in [0.2, 0.25) is 0 Å². The lowest BCUT2D eigenvalue weighted by molar-refractivity contribution is -0.183. The summed E-state index contributed by atoms with van der Waals surface area (Å²) in [5.41, 5.74) is 0. The molecule has 19 heavy (non-hydrogen) atoms. The van der Waals surface area contributed by atoms with Crippen LogP contribution in [0.3, 0.4) is 0 Å². The molecule has 2 aliphatic rings. The third-order valence-corrected chi connectivity index (χ3v) is 4.10. The molecule has 0 atom stereocenters. The highest BCUT2D eigenvalue weighted by atomic mass is 19.4. The van der Waals surface area contributed by atoms with Gasteiger partial charge in [-0.3, -0.25) is 0 Å². The number of piperidine rings is 1. The molecule has 0 aliphatic carbocycles. The van der Waals surface area contributed by atoms with Gasteiger partial charge in [0.15, 0.2) is 0 Å². The Bertz CT molecular complexity index is 304. The van der Waals surface area contributed by atoms with Crippen molar-refractivity contribution in [3.8, 4) is 0 Å². The lowest BCUT2D eigenvalue weighted by Gasteiger charge is -2.36. The van der Waals surface area contributed by atoms with Crippen molar-refractivity contribution in [3.05, 3.63) is 0 Å². The minimum atomic E-state index is -4.11. The van der Waals surface area contributed by atoms with Crippen molar-refractivity contribution < 1.29 is 18.0 Å². The number of alkyl halides is 3. The molecule has 2 fully saturated rings. The number of halogens is 3. The quantitative estimate of drug-likeness (QED) is 0.667. The van der Waals surface area contributed by atoms with Crippen molar-refractivity contribution in [1.82, 2.24) is 9.80 Å². The zero-order valence-electron chi connectivity index (χ0n) is 11.1. The van der Waals surface area contributed by atoms with Crippen molar-refractivity contribution >= 4 is 6.03 Å². The van der Waals surface area contributed by atoms with Gasteiger partial charge in [-0.1, -0.05) is 12.8 Å². The summed E-state index contributed by atoms with van der Waals surface area (Å²) in [6, 6.07) is -0.0671. The summed E-state index contributed by atoms with van der Waals surface area (Å²) in [5, 5.41) is 0. The molecule has 0 aromatic rings. The molecule has 0 spiro atoms. The summed E-state index contributed by atoms with van der Waals surface area (Å²) in [4.78, 5) is 15.6. The number of urea groups is 1. The Morgan fingerprint density at radius 3 is 1.79 bits per heavy atom. The Morgan fingerprint density at radius 1 is 0.842 bits per heavy atom. The molecule has 3 nitrogen and oxygen atoms in total. The highest BCUT2D eigenvalue weighted by Gasteiger charge is 2.42. The van der Waals surface area contributed by atoms with Crippen LogP contribution in [0.5, 0.6) is 0 Å². The first-order valence-corrected chi connectivity index (χ1v) is 7.09. The van der Waals surface area contributed by atoms with Crippen LogP contribution in [0.4, 0.5) is 18.0 Å². The van der Waals surface area contributed by atoms with Crippen LogP contribution in [0.2, 0.25) is 0 Å². The molecule has 6 heteroatoms. The maximum absolute atomic E-state index is 12.6. The molecule has 0 bridgehead atoms. The zero-order valence-corrected chi connectivity index (χ0v) is 11.1.